The highest BCUT2D eigenvalue weighted by atomic mass is 19.3. The number of hydrogen-bond donors (Lipinski definition) is 3. The molecule has 15 heavy (non-hydrogen) atoms. The summed E-state index contributed by atoms with van der Waals surface area (Å²) in [5, 5.41) is 16.4. The molecule has 0 aromatic carbocycles. The maximum Gasteiger partial charge on any atom is 0.287 e. The normalized spacial score (nSPS) is 11.4. The van der Waals surface area contributed by atoms with Gasteiger partial charge in [0.2, 0.25) is 5.91 Å². The third kappa shape index (κ3) is 4.03. The average molecular weight is 219 g/mol. The SMILES string of the molecule is O=C(Cc1ccn[nH]1)NCC(F)(F)CO. The number of aromatic amines is 1. The molecule has 1 rings (SSSR count). The topological polar surface area (TPSA) is 78.0 Å². The first-order chi connectivity index (χ1) is 7.03. The number of aliphatic hydroxyl groups is 1. The smallest absolute Gasteiger partial charge is 0.287 e. The number of nitrogens with one attached hydrogen (secondary N) is 2. The predicted octanol–water partition coefficient (Wildman–Crippen LogP) is -0.304. The minimum Gasteiger partial charge on any atom is -0.390 e. The van der Waals surface area contributed by atoms with E-state index >= 15 is 0 Å². The van der Waals surface area contributed by atoms with E-state index in [0.717, 1.165) is 0 Å². The van der Waals surface area contributed by atoms with Crippen LogP contribution in [0.25, 0.3) is 0 Å². The first kappa shape index (κ1) is 11.6. The molecule has 1 aromatic rings. The van der Waals surface area contributed by atoms with Gasteiger partial charge in [-0.3, -0.25) is 9.89 Å². The van der Waals surface area contributed by atoms with Crippen molar-refractivity contribution in [2.45, 2.75) is 12.3 Å². The van der Waals surface area contributed by atoms with Gasteiger partial charge in [-0.1, -0.05) is 0 Å². The van der Waals surface area contributed by atoms with Crippen LogP contribution in [-0.2, 0) is 11.2 Å². The van der Waals surface area contributed by atoms with Crippen molar-refractivity contribution in [1.29, 1.82) is 0 Å². The number of H-pyrrole nitrogens is 1. The molecule has 0 radical (unpaired) electrons. The Morgan fingerprint density at radius 2 is 2.40 bits per heavy atom. The summed E-state index contributed by atoms with van der Waals surface area (Å²) in [6.45, 7) is -2.15. The summed E-state index contributed by atoms with van der Waals surface area (Å²) in [6.07, 6.45) is 1.42. The van der Waals surface area contributed by atoms with Crippen molar-refractivity contribution in [3.8, 4) is 0 Å². The molecule has 0 saturated heterocycles. The minimum absolute atomic E-state index is 0.0402. The molecule has 3 N–H and O–H groups in total. The van der Waals surface area contributed by atoms with E-state index in [4.69, 9.17) is 5.11 Å². The van der Waals surface area contributed by atoms with Gasteiger partial charge in [0.1, 0.15) is 6.61 Å². The van der Waals surface area contributed by atoms with Gasteiger partial charge in [-0.15, -0.1) is 0 Å². The lowest BCUT2D eigenvalue weighted by atomic mass is 10.3. The van der Waals surface area contributed by atoms with E-state index in [9.17, 15) is 13.6 Å². The largest absolute Gasteiger partial charge is 0.390 e. The Labute approximate surface area is 84.5 Å². The third-order valence-electron chi connectivity index (χ3n) is 1.68. The molecule has 7 heteroatoms. The second kappa shape index (κ2) is 4.83. The third-order valence-corrected chi connectivity index (χ3v) is 1.68. The Morgan fingerprint density at radius 3 is 2.93 bits per heavy atom. The quantitative estimate of drug-likeness (QED) is 0.636. The van der Waals surface area contributed by atoms with Gasteiger partial charge < -0.3 is 10.4 Å². The second-order valence-electron chi connectivity index (χ2n) is 3.05. The van der Waals surface area contributed by atoms with Crippen molar-refractivity contribution < 1.29 is 18.7 Å². The van der Waals surface area contributed by atoms with Gasteiger partial charge >= 0.3 is 0 Å². The Morgan fingerprint density at radius 1 is 1.67 bits per heavy atom. The summed E-state index contributed by atoms with van der Waals surface area (Å²) < 4.78 is 25.0. The van der Waals surface area contributed by atoms with E-state index in [2.05, 4.69) is 10.2 Å². The summed E-state index contributed by atoms with van der Waals surface area (Å²) in [6, 6.07) is 1.57. The van der Waals surface area contributed by atoms with Gasteiger partial charge in [0.05, 0.1) is 13.0 Å². The van der Waals surface area contributed by atoms with Crippen LogP contribution < -0.4 is 5.32 Å². The Bertz CT molecular complexity index is 314. The van der Waals surface area contributed by atoms with Crippen LogP contribution >= 0.6 is 0 Å². The monoisotopic (exact) mass is 219 g/mol. The molecular weight excluding hydrogens is 208 g/mol. The van der Waals surface area contributed by atoms with Gasteiger partial charge in [0, 0.05) is 11.9 Å². The second-order valence-corrected chi connectivity index (χ2v) is 3.05. The van der Waals surface area contributed by atoms with E-state index in [0.29, 0.717) is 5.69 Å². The highest BCUT2D eigenvalue weighted by Crippen LogP contribution is 2.09. The van der Waals surface area contributed by atoms with E-state index in [1.165, 1.54) is 6.20 Å². The molecule has 0 fully saturated rings. The Kier molecular flexibility index (Phi) is 3.73. The fourth-order valence-electron chi connectivity index (χ4n) is 0.902. The first-order valence-electron chi connectivity index (χ1n) is 4.27. The molecule has 0 spiro atoms. The van der Waals surface area contributed by atoms with Crippen molar-refractivity contribution in [1.82, 2.24) is 15.5 Å². The summed E-state index contributed by atoms with van der Waals surface area (Å²) in [5.74, 6) is -3.82. The van der Waals surface area contributed by atoms with Crippen LogP contribution in [0.15, 0.2) is 12.3 Å². The van der Waals surface area contributed by atoms with Gasteiger partial charge in [0.25, 0.3) is 5.92 Å². The van der Waals surface area contributed by atoms with Gasteiger partial charge in [-0.05, 0) is 6.07 Å². The number of aliphatic hydroxyl groups excluding tert-OH is 1. The van der Waals surface area contributed by atoms with E-state index in [1.807, 2.05) is 5.32 Å². The van der Waals surface area contributed by atoms with Crippen LogP contribution in [0.5, 0.6) is 0 Å². The number of rotatable bonds is 5. The summed E-state index contributed by atoms with van der Waals surface area (Å²) >= 11 is 0. The molecule has 1 amide bonds. The maximum atomic E-state index is 12.5. The number of amides is 1. The zero-order valence-corrected chi connectivity index (χ0v) is 7.83. The maximum absolute atomic E-state index is 12.5. The molecule has 1 aromatic heterocycles. The molecule has 0 aliphatic heterocycles. The molecule has 0 aliphatic rings. The van der Waals surface area contributed by atoms with Crippen LogP contribution in [0.2, 0.25) is 0 Å². The van der Waals surface area contributed by atoms with Gasteiger partial charge in [0.15, 0.2) is 0 Å². The highest BCUT2D eigenvalue weighted by Gasteiger charge is 2.28. The number of halogens is 2. The molecular formula is C8H11F2N3O2. The number of carbonyl (C=O) groups excluding carboxylic acids is 1. The first-order valence-corrected chi connectivity index (χ1v) is 4.27. The Hall–Kier alpha value is -1.50. The van der Waals surface area contributed by atoms with Crippen LogP contribution in [-0.4, -0.2) is 40.3 Å². The molecule has 0 aliphatic carbocycles. The lowest BCUT2D eigenvalue weighted by Crippen LogP contribution is -2.39. The van der Waals surface area contributed by atoms with Crippen LogP contribution in [0.3, 0.4) is 0 Å². The number of hydrogen-bond acceptors (Lipinski definition) is 3. The standard InChI is InChI=1S/C8H11F2N3O2/c9-8(10,5-14)4-11-7(15)3-6-1-2-12-13-6/h1-2,14H,3-5H2,(H,11,15)(H,12,13). The minimum atomic E-state index is -3.27. The number of carbonyl (C=O) groups is 1. The molecule has 84 valence electrons. The summed E-state index contributed by atoms with van der Waals surface area (Å²) in [7, 11) is 0. The fourth-order valence-corrected chi connectivity index (χ4v) is 0.902. The van der Waals surface area contributed by atoms with Crippen molar-refractivity contribution in [3.63, 3.8) is 0 Å². The molecule has 0 bridgehead atoms. The van der Waals surface area contributed by atoms with Crippen molar-refractivity contribution in [3.05, 3.63) is 18.0 Å². The van der Waals surface area contributed by atoms with Crippen LogP contribution in [0.4, 0.5) is 8.78 Å². The average Bonchev–Trinajstić information content (AvgIpc) is 2.68. The van der Waals surface area contributed by atoms with E-state index in [1.54, 1.807) is 6.07 Å². The van der Waals surface area contributed by atoms with Crippen molar-refractivity contribution in [2.24, 2.45) is 0 Å². The molecule has 1 heterocycles. The lowest BCUT2D eigenvalue weighted by Gasteiger charge is -2.13. The molecule has 0 unspecified atom stereocenters. The zero-order valence-electron chi connectivity index (χ0n) is 7.83. The Balaban J connectivity index is 2.31. The lowest BCUT2D eigenvalue weighted by molar-refractivity contribution is -0.123. The summed E-state index contributed by atoms with van der Waals surface area (Å²) in [4.78, 5) is 11.1. The molecule has 0 atom stereocenters. The number of nitrogens with zero attached hydrogens (tertiary/aromatic N) is 1. The fraction of sp³-hybridized carbons (Fsp3) is 0.500. The van der Waals surface area contributed by atoms with E-state index in [-0.39, 0.29) is 6.42 Å². The highest BCUT2D eigenvalue weighted by molar-refractivity contribution is 5.78. The predicted molar refractivity (Wildman–Crippen MR) is 47.3 cm³/mol. The molecule has 5 nitrogen and oxygen atoms in total. The zero-order chi connectivity index (χ0) is 11.3. The van der Waals surface area contributed by atoms with Crippen LogP contribution in [0.1, 0.15) is 5.69 Å². The van der Waals surface area contributed by atoms with E-state index < -0.39 is 25.0 Å². The summed E-state index contributed by atoms with van der Waals surface area (Å²) in [5.41, 5.74) is 0.541. The number of alkyl halides is 2. The van der Waals surface area contributed by atoms with Crippen LogP contribution in [0, 0.1) is 0 Å². The molecule has 0 saturated carbocycles. The number of aromatic nitrogens is 2. The van der Waals surface area contributed by atoms with Gasteiger partial charge in [-0.2, -0.15) is 5.10 Å². The van der Waals surface area contributed by atoms with Crippen molar-refractivity contribution in [2.75, 3.05) is 13.2 Å². The van der Waals surface area contributed by atoms with Gasteiger partial charge in [-0.25, -0.2) is 8.78 Å². The van der Waals surface area contributed by atoms with Crippen molar-refractivity contribution >= 4 is 5.91 Å².